The molecule has 86 valence electrons. The molecule has 1 aliphatic rings. The van der Waals surface area contributed by atoms with E-state index >= 15 is 0 Å². The fourth-order valence-corrected chi connectivity index (χ4v) is 1.73. The zero-order valence-corrected chi connectivity index (χ0v) is 8.94. The van der Waals surface area contributed by atoms with Crippen molar-refractivity contribution in [2.75, 3.05) is 31.9 Å². The Labute approximate surface area is 93.9 Å². The molecular formula is C11H15N3O2. The van der Waals surface area contributed by atoms with Crippen molar-refractivity contribution < 1.29 is 9.90 Å². The lowest BCUT2D eigenvalue weighted by Gasteiger charge is -2.27. The first-order valence-electron chi connectivity index (χ1n) is 5.27. The summed E-state index contributed by atoms with van der Waals surface area (Å²) >= 11 is 0. The lowest BCUT2D eigenvalue weighted by atomic mass is 10.1. The van der Waals surface area contributed by atoms with Crippen LogP contribution in [-0.4, -0.2) is 42.1 Å². The molecule has 1 heterocycles. The number of aromatic hydroxyl groups is 1. The van der Waals surface area contributed by atoms with E-state index < -0.39 is 0 Å². The summed E-state index contributed by atoms with van der Waals surface area (Å²) in [5, 5.41) is 12.6. The molecule has 4 N–H and O–H groups in total. The van der Waals surface area contributed by atoms with Gasteiger partial charge in [0.2, 0.25) is 0 Å². The van der Waals surface area contributed by atoms with Crippen LogP contribution in [0.3, 0.4) is 0 Å². The van der Waals surface area contributed by atoms with Crippen LogP contribution in [0.25, 0.3) is 0 Å². The Morgan fingerprint density at radius 1 is 1.38 bits per heavy atom. The van der Waals surface area contributed by atoms with E-state index in [9.17, 15) is 9.90 Å². The number of carbonyl (C=O) groups is 1. The number of anilines is 1. The zero-order valence-electron chi connectivity index (χ0n) is 8.94. The van der Waals surface area contributed by atoms with Gasteiger partial charge in [0, 0.05) is 31.7 Å². The first kappa shape index (κ1) is 10.8. The number of piperazine rings is 1. The number of hydrogen-bond acceptors (Lipinski definition) is 4. The normalized spacial score (nSPS) is 16.1. The second-order valence-corrected chi connectivity index (χ2v) is 3.82. The molecule has 0 unspecified atom stereocenters. The van der Waals surface area contributed by atoms with Gasteiger partial charge >= 0.3 is 0 Å². The largest absolute Gasteiger partial charge is 0.506 e. The molecule has 5 heteroatoms. The van der Waals surface area contributed by atoms with E-state index in [4.69, 9.17) is 5.73 Å². The number of carbonyl (C=O) groups excluding carboxylic acids is 1. The number of phenolic OH excluding ortho intramolecular Hbond substituents is 1. The topological polar surface area (TPSA) is 78.6 Å². The summed E-state index contributed by atoms with van der Waals surface area (Å²) in [7, 11) is 0. The van der Waals surface area contributed by atoms with Gasteiger partial charge in [-0.05, 0) is 18.2 Å². The van der Waals surface area contributed by atoms with Crippen molar-refractivity contribution in [1.29, 1.82) is 0 Å². The van der Waals surface area contributed by atoms with Crippen LogP contribution in [0.4, 0.5) is 5.69 Å². The average molecular weight is 221 g/mol. The van der Waals surface area contributed by atoms with Crippen molar-refractivity contribution in [3.63, 3.8) is 0 Å². The fourth-order valence-electron chi connectivity index (χ4n) is 1.73. The predicted octanol–water partition coefficient (Wildman–Crippen LogP) is 0.0198. The quantitative estimate of drug-likeness (QED) is 0.461. The first-order chi connectivity index (χ1) is 7.68. The standard InChI is InChI=1S/C11H15N3O2/c12-9-2-1-8(7-10(9)15)11(16)14-5-3-13-4-6-14/h1-2,7,13,15H,3-6,12H2. The highest BCUT2D eigenvalue weighted by Gasteiger charge is 2.18. The van der Waals surface area contributed by atoms with Crippen LogP contribution in [-0.2, 0) is 0 Å². The van der Waals surface area contributed by atoms with Crippen LogP contribution in [0.15, 0.2) is 18.2 Å². The van der Waals surface area contributed by atoms with E-state index in [1.165, 1.54) is 6.07 Å². The zero-order chi connectivity index (χ0) is 11.5. The second-order valence-electron chi connectivity index (χ2n) is 3.82. The van der Waals surface area contributed by atoms with Crippen molar-refractivity contribution in [2.45, 2.75) is 0 Å². The molecule has 0 saturated carbocycles. The predicted molar refractivity (Wildman–Crippen MR) is 61.3 cm³/mol. The summed E-state index contributed by atoms with van der Waals surface area (Å²) in [6.07, 6.45) is 0. The second kappa shape index (κ2) is 4.40. The molecule has 0 spiro atoms. The number of amides is 1. The molecule has 1 fully saturated rings. The number of phenols is 1. The Hall–Kier alpha value is -1.75. The van der Waals surface area contributed by atoms with E-state index in [0.717, 1.165) is 13.1 Å². The van der Waals surface area contributed by atoms with E-state index in [0.29, 0.717) is 18.7 Å². The molecule has 0 radical (unpaired) electrons. The van der Waals surface area contributed by atoms with E-state index in [-0.39, 0.29) is 17.3 Å². The molecule has 1 amide bonds. The molecule has 0 aromatic heterocycles. The third kappa shape index (κ3) is 2.09. The molecule has 1 aromatic rings. The smallest absolute Gasteiger partial charge is 0.254 e. The summed E-state index contributed by atoms with van der Waals surface area (Å²) in [5.41, 5.74) is 6.25. The van der Waals surface area contributed by atoms with Crippen LogP contribution in [0, 0.1) is 0 Å². The highest BCUT2D eigenvalue weighted by molar-refractivity contribution is 5.95. The SMILES string of the molecule is Nc1ccc(C(=O)N2CCNCC2)cc1O. The van der Waals surface area contributed by atoms with E-state index in [2.05, 4.69) is 5.32 Å². The minimum Gasteiger partial charge on any atom is -0.506 e. The average Bonchev–Trinajstić information content (AvgIpc) is 2.33. The number of nitrogens with two attached hydrogens (primary N) is 1. The summed E-state index contributed by atoms with van der Waals surface area (Å²) in [4.78, 5) is 13.8. The molecule has 0 aliphatic carbocycles. The minimum absolute atomic E-state index is 0.0408. The van der Waals surface area contributed by atoms with Crippen LogP contribution in [0.2, 0.25) is 0 Å². The molecule has 1 aliphatic heterocycles. The van der Waals surface area contributed by atoms with Crippen molar-refractivity contribution in [1.82, 2.24) is 10.2 Å². The summed E-state index contributed by atoms with van der Waals surface area (Å²) < 4.78 is 0. The van der Waals surface area contributed by atoms with Gasteiger partial charge in [0.1, 0.15) is 5.75 Å². The monoisotopic (exact) mass is 221 g/mol. The van der Waals surface area contributed by atoms with E-state index in [1.54, 1.807) is 17.0 Å². The van der Waals surface area contributed by atoms with Crippen molar-refractivity contribution in [2.24, 2.45) is 0 Å². The first-order valence-corrected chi connectivity index (χ1v) is 5.27. The molecule has 16 heavy (non-hydrogen) atoms. The number of benzene rings is 1. The summed E-state index contributed by atoms with van der Waals surface area (Å²) in [6, 6.07) is 4.60. The Balaban J connectivity index is 2.16. The van der Waals surface area contributed by atoms with Crippen LogP contribution >= 0.6 is 0 Å². The molecule has 5 nitrogen and oxygen atoms in total. The van der Waals surface area contributed by atoms with Gasteiger partial charge in [0.25, 0.3) is 5.91 Å². The van der Waals surface area contributed by atoms with Gasteiger partial charge in [-0.3, -0.25) is 4.79 Å². The van der Waals surface area contributed by atoms with Crippen LogP contribution in [0.1, 0.15) is 10.4 Å². The van der Waals surface area contributed by atoms with Gasteiger partial charge in [-0.1, -0.05) is 0 Å². The van der Waals surface area contributed by atoms with Crippen LogP contribution in [0.5, 0.6) is 5.75 Å². The van der Waals surface area contributed by atoms with Gasteiger partial charge in [-0.25, -0.2) is 0 Å². The van der Waals surface area contributed by atoms with Gasteiger partial charge in [0.05, 0.1) is 5.69 Å². The maximum absolute atomic E-state index is 12.0. The fraction of sp³-hybridized carbons (Fsp3) is 0.364. The number of nitrogens with zero attached hydrogens (tertiary/aromatic N) is 1. The number of nitrogens with one attached hydrogen (secondary N) is 1. The highest BCUT2D eigenvalue weighted by atomic mass is 16.3. The van der Waals surface area contributed by atoms with Gasteiger partial charge < -0.3 is 21.1 Å². The van der Waals surface area contributed by atoms with Crippen molar-refractivity contribution in [3.8, 4) is 5.75 Å². The lowest BCUT2D eigenvalue weighted by Crippen LogP contribution is -2.46. The maximum Gasteiger partial charge on any atom is 0.254 e. The minimum atomic E-state index is -0.0585. The highest BCUT2D eigenvalue weighted by Crippen LogP contribution is 2.21. The van der Waals surface area contributed by atoms with Gasteiger partial charge in [-0.15, -0.1) is 0 Å². The number of rotatable bonds is 1. The molecule has 0 bridgehead atoms. The summed E-state index contributed by atoms with van der Waals surface area (Å²) in [6.45, 7) is 3.02. The third-order valence-electron chi connectivity index (χ3n) is 2.68. The molecule has 2 rings (SSSR count). The summed E-state index contributed by atoms with van der Waals surface area (Å²) in [5.74, 6) is -0.0993. The van der Waals surface area contributed by atoms with Crippen molar-refractivity contribution in [3.05, 3.63) is 23.8 Å². The number of nitrogen functional groups attached to an aromatic ring is 1. The maximum atomic E-state index is 12.0. The Morgan fingerprint density at radius 3 is 2.69 bits per heavy atom. The Kier molecular flexibility index (Phi) is 2.96. The number of hydrogen-bond donors (Lipinski definition) is 3. The van der Waals surface area contributed by atoms with Gasteiger partial charge in [0.15, 0.2) is 0 Å². The van der Waals surface area contributed by atoms with Gasteiger partial charge in [-0.2, -0.15) is 0 Å². The van der Waals surface area contributed by atoms with E-state index in [1.807, 2.05) is 0 Å². The molecule has 1 saturated heterocycles. The molecule has 1 aromatic carbocycles. The Bertz CT molecular complexity index is 400. The molecular weight excluding hydrogens is 206 g/mol. The molecule has 0 atom stereocenters. The lowest BCUT2D eigenvalue weighted by molar-refractivity contribution is 0.0735. The van der Waals surface area contributed by atoms with Crippen molar-refractivity contribution >= 4 is 11.6 Å². The third-order valence-corrected chi connectivity index (χ3v) is 2.68. The van der Waals surface area contributed by atoms with Crippen LogP contribution < -0.4 is 11.1 Å². The Morgan fingerprint density at radius 2 is 2.06 bits per heavy atom.